The van der Waals surface area contributed by atoms with Crippen LogP contribution in [0.25, 0.3) is 17.2 Å². The van der Waals surface area contributed by atoms with E-state index in [4.69, 9.17) is 10.5 Å². The van der Waals surface area contributed by atoms with Crippen molar-refractivity contribution in [3.05, 3.63) is 59.7 Å². The van der Waals surface area contributed by atoms with Crippen molar-refractivity contribution in [1.82, 2.24) is 4.98 Å². The Kier molecular flexibility index (Phi) is 5.58. The van der Waals surface area contributed by atoms with Crippen molar-refractivity contribution < 1.29 is 27.5 Å². The summed E-state index contributed by atoms with van der Waals surface area (Å²) in [4.78, 5) is 29.1. The molecule has 1 aromatic heterocycles. The summed E-state index contributed by atoms with van der Waals surface area (Å²) in [5, 5.41) is 0. The predicted octanol–water partition coefficient (Wildman–Crippen LogP) is 4.53. The summed E-state index contributed by atoms with van der Waals surface area (Å²) in [7, 11) is 0. The molecule has 0 radical (unpaired) electrons. The number of primary amides is 1. The number of benzene rings is 1. The number of hydrogen-bond acceptors (Lipinski definition) is 4. The van der Waals surface area contributed by atoms with E-state index in [0.29, 0.717) is 16.8 Å². The van der Waals surface area contributed by atoms with E-state index < -0.39 is 53.5 Å². The Bertz CT molecular complexity index is 1130. The zero-order valence-electron chi connectivity index (χ0n) is 18.5. The van der Waals surface area contributed by atoms with Crippen LogP contribution in [0.5, 0.6) is 0 Å². The second-order valence-electron chi connectivity index (χ2n) is 9.02. The van der Waals surface area contributed by atoms with Gasteiger partial charge in [0.25, 0.3) is 5.92 Å². The molecule has 2 fully saturated rings. The van der Waals surface area contributed by atoms with Crippen LogP contribution in [0.3, 0.4) is 0 Å². The van der Waals surface area contributed by atoms with Crippen molar-refractivity contribution in [3.63, 3.8) is 0 Å². The average molecular weight is 458 g/mol. The number of nitrogens with zero attached hydrogens (tertiary/aromatic N) is 1. The fourth-order valence-electron chi connectivity index (χ4n) is 5.27. The Balaban J connectivity index is 1.67. The van der Waals surface area contributed by atoms with Crippen LogP contribution >= 0.6 is 0 Å². The van der Waals surface area contributed by atoms with Crippen molar-refractivity contribution in [1.29, 1.82) is 0 Å². The van der Waals surface area contributed by atoms with Gasteiger partial charge in [0.1, 0.15) is 11.9 Å². The third kappa shape index (κ3) is 3.61. The maximum absolute atomic E-state index is 14.9. The lowest BCUT2D eigenvalue weighted by atomic mass is 9.56. The highest BCUT2D eigenvalue weighted by molar-refractivity contribution is 6.04. The standard InChI is InChI=1S/C25H25F3N2O3/c1-13-18(5-4-6-20(13)26)16-7-8-17(30-11-16)9-10-19-14(2)25(27,28)12-24(22(29)31)21(19)15(3)33-23(24)32/h4-11,14-15,19,21H,12H2,1-3H3,(H2,29,31)/b10-9+. The van der Waals surface area contributed by atoms with E-state index in [1.807, 2.05) is 0 Å². The van der Waals surface area contributed by atoms with E-state index in [9.17, 15) is 22.8 Å². The monoisotopic (exact) mass is 458 g/mol. The van der Waals surface area contributed by atoms with Gasteiger partial charge in [0.2, 0.25) is 5.91 Å². The number of nitrogens with two attached hydrogens (primary N) is 1. The number of aromatic nitrogens is 1. The third-order valence-corrected chi connectivity index (χ3v) is 7.20. The number of amides is 1. The van der Waals surface area contributed by atoms with Crippen LogP contribution in [0.15, 0.2) is 42.6 Å². The topological polar surface area (TPSA) is 82.3 Å². The van der Waals surface area contributed by atoms with Gasteiger partial charge in [-0.15, -0.1) is 0 Å². The number of rotatable bonds is 4. The van der Waals surface area contributed by atoms with Gasteiger partial charge < -0.3 is 10.5 Å². The summed E-state index contributed by atoms with van der Waals surface area (Å²) < 4.78 is 49.0. The summed E-state index contributed by atoms with van der Waals surface area (Å²) in [5.41, 5.74) is 5.86. The molecule has 2 aromatic rings. The predicted molar refractivity (Wildman–Crippen MR) is 116 cm³/mol. The maximum Gasteiger partial charge on any atom is 0.322 e. The van der Waals surface area contributed by atoms with Crippen LogP contribution < -0.4 is 5.73 Å². The average Bonchev–Trinajstić information content (AvgIpc) is 3.01. The van der Waals surface area contributed by atoms with Crippen LogP contribution in [0.4, 0.5) is 13.2 Å². The van der Waals surface area contributed by atoms with Crippen molar-refractivity contribution in [2.24, 2.45) is 28.9 Å². The molecule has 1 saturated carbocycles. The first kappa shape index (κ1) is 23.0. The first-order valence-electron chi connectivity index (χ1n) is 10.8. The number of esters is 1. The highest BCUT2D eigenvalue weighted by Crippen LogP contribution is 2.59. The lowest BCUT2D eigenvalue weighted by Gasteiger charge is -2.46. The molecule has 0 spiro atoms. The summed E-state index contributed by atoms with van der Waals surface area (Å²) in [6, 6.07) is 8.26. The van der Waals surface area contributed by atoms with Gasteiger partial charge in [0.05, 0.1) is 5.69 Å². The van der Waals surface area contributed by atoms with Gasteiger partial charge in [0.15, 0.2) is 5.41 Å². The largest absolute Gasteiger partial charge is 0.461 e. The van der Waals surface area contributed by atoms with Gasteiger partial charge in [0, 0.05) is 30.0 Å². The molecular weight excluding hydrogens is 433 g/mol. The van der Waals surface area contributed by atoms with Gasteiger partial charge >= 0.3 is 5.97 Å². The Labute approximate surface area is 189 Å². The zero-order valence-corrected chi connectivity index (χ0v) is 18.5. The van der Waals surface area contributed by atoms with Gasteiger partial charge in [-0.05, 0) is 49.1 Å². The SMILES string of the molecule is Cc1c(F)cccc1-c1ccc(/C=C/C2C(C)C(F)(F)CC3(C(N)=O)C(=O)OC(C)C23)nc1. The van der Waals surface area contributed by atoms with E-state index in [1.165, 1.54) is 13.0 Å². The molecule has 2 N–H and O–H groups in total. The molecule has 5 nitrogen and oxygen atoms in total. The van der Waals surface area contributed by atoms with Crippen LogP contribution in [0, 0.1) is 35.9 Å². The highest BCUT2D eigenvalue weighted by atomic mass is 19.3. The van der Waals surface area contributed by atoms with Crippen LogP contribution in [-0.4, -0.2) is 28.9 Å². The molecule has 5 atom stereocenters. The van der Waals surface area contributed by atoms with E-state index in [-0.39, 0.29) is 5.82 Å². The van der Waals surface area contributed by atoms with Gasteiger partial charge in [-0.3, -0.25) is 14.6 Å². The number of halogens is 3. The Morgan fingerprint density at radius 3 is 2.61 bits per heavy atom. The van der Waals surface area contributed by atoms with E-state index in [1.54, 1.807) is 56.5 Å². The highest BCUT2D eigenvalue weighted by Gasteiger charge is 2.70. The van der Waals surface area contributed by atoms with Crippen molar-refractivity contribution in [2.45, 2.75) is 39.2 Å². The summed E-state index contributed by atoms with van der Waals surface area (Å²) in [5.74, 6) is -8.45. The first-order valence-corrected chi connectivity index (χ1v) is 10.8. The first-order chi connectivity index (χ1) is 15.5. The van der Waals surface area contributed by atoms with Crippen LogP contribution in [0.2, 0.25) is 0 Å². The quantitative estimate of drug-likeness (QED) is 0.539. The molecule has 1 aliphatic heterocycles. The number of cyclic esters (lactones) is 1. The molecule has 0 bridgehead atoms. The minimum atomic E-state index is -3.28. The molecule has 33 heavy (non-hydrogen) atoms. The molecule has 1 amide bonds. The van der Waals surface area contributed by atoms with Crippen LogP contribution in [0.1, 0.15) is 31.5 Å². The minimum absolute atomic E-state index is 0.316. The number of ether oxygens (including phenoxy) is 1. The number of alkyl halides is 2. The second-order valence-corrected chi connectivity index (χ2v) is 9.02. The van der Waals surface area contributed by atoms with Crippen molar-refractivity contribution in [2.75, 3.05) is 0 Å². The number of carbonyl (C=O) groups is 2. The van der Waals surface area contributed by atoms with Crippen molar-refractivity contribution >= 4 is 18.0 Å². The van der Waals surface area contributed by atoms with Gasteiger partial charge in [-0.25, -0.2) is 13.2 Å². The zero-order chi connectivity index (χ0) is 24.1. The Morgan fingerprint density at radius 1 is 1.24 bits per heavy atom. The number of pyridine rings is 1. The fourth-order valence-corrected chi connectivity index (χ4v) is 5.27. The number of allylic oxidation sites excluding steroid dienone is 1. The van der Waals surface area contributed by atoms with Crippen molar-refractivity contribution in [3.8, 4) is 11.1 Å². The second kappa shape index (κ2) is 8.01. The Morgan fingerprint density at radius 2 is 1.97 bits per heavy atom. The summed E-state index contributed by atoms with van der Waals surface area (Å²) in [6.45, 7) is 4.68. The fraction of sp³-hybridized carbons (Fsp3) is 0.400. The minimum Gasteiger partial charge on any atom is -0.461 e. The van der Waals surface area contributed by atoms with Gasteiger partial charge in [-0.2, -0.15) is 0 Å². The van der Waals surface area contributed by atoms with Crippen LogP contribution in [-0.2, 0) is 14.3 Å². The molecule has 5 unspecified atom stereocenters. The summed E-state index contributed by atoms with van der Waals surface area (Å²) in [6.07, 6.45) is 3.05. The van der Waals surface area contributed by atoms with E-state index in [2.05, 4.69) is 4.98 Å². The normalized spacial score (nSPS) is 30.8. The molecule has 1 aliphatic carbocycles. The molecule has 1 saturated heterocycles. The molecule has 8 heteroatoms. The molecule has 2 aliphatic rings. The number of fused-ring (bicyclic) bond motifs is 1. The van der Waals surface area contributed by atoms with Gasteiger partial charge in [-0.1, -0.05) is 31.2 Å². The lowest BCUT2D eigenvalue weighted by Crippen LogP contribution is -2.58. The lowest BCUT2D eigenvalue weighted by molar-refractivity contribution is -0.177. The molecule has 174 valence electrons. The smallest absolute Gasteiger partial charge is 0.322 e. The van der Waals surface area contributed by atoms with E-state index in [0.717, 1.165) is 5.56 Å². The molecular formula is C25H25F3N2O3. The maximum atomic E-state index is 14.9. The molecule has 2 heterocycles. The third-order valence-electron chi connectivity index (χ3n) is 7.20. The number of hydrogen-bond donors (Lipinski definition) is 1. The van der Waals surface area contributed by atoms with E-state index >= 15 is 0 Å². The molecule has 1 aromatic carbocycles. The Hall–Kier alpha value is -3.16. The number of carbonyl (C=O) groups excluding carboxylic acids is 2. The molecule has 4 rings (SSSR count). The summed E-state index contributed by atoms with van der Waals surface area (Å²) >= 11 is 0.